The van der Waals surface area contributed by atoms with Crippen LogP contribution < -0.4 is 4.90 Å². The second-order valence-corrected chi connectivity index (χ2v) is 16.9. The predicted molar refractivity (Wildman–Crippen MR) is 267 cm³/mol. The van der Waals surface area contributed by atoms with Gasteiger partial charge in [0, 0.05) is 50.0 Å². The third kappa shape index (κ3) is 5.28. The maximum atomic E-state index is 2.48. The lowest BCUT2D eigenvalue weighted by molar-refractivity contribution is 0.768. The van der Waals surface area contributed by atoms with Crippen molar-refractivity contribution in [2.24, 2.45) is 0 Å². The molecule has 3 heteroatoms. The van der Waals surface area contributed by atoms with E-state index in [1.807, 2.05) is 0 Å². The van der Waals surface area contributed by atoms with Crippen molar-refractivity contribution >= 4 is 60.7 Å². The first-order chi connectivity index (χ1) is 31.8. The number of anilines is 3. The van der Waals surface area contributed by atoms with Crippen molar-refractivity contribution in [3.8, 4) is 22.5 Å². The summed E-state index contributed by atoms with van der Waals surface area (Å²) in [6.45, 7) is 0. The van der Waals surface area contributed by atoms with Crippen LogP contribution in [-0.4, -0.2) is 9.13 Å². The highest BCUT2D eigenvalue weighted by Gasteiger charge is 2.46. The molecule has 0 aliphatic heterocycles. The molecule has 1 aliphatic rings. The van der Waals surface area contributed by atoms with Crippen molar-refractivity contribution in [3.63, 3.8) is 0 Å². The lowest BCUT2D eigenvalue weighted by Crippen LogP contribution is -2.28. The van der Waals surface area contributed by atoms with Gasteiger partial charge in [-0.3, -0.25) is 0 Å². The molecule has 1 aliphatic carbocycles. The minimum Gasteiger partial charge on any atom is -0.310 e. The predicted octanol–water partition coefficient (Wildman–Crippen LogP) is 15.7. The van der Waals surface area contributed by atoms with E-state index < -0.39 is 5.41 Å². The summed E-state index contributed by atoms with van der Waals surface area (Å²) in [5.41, 5.74) is 17.3. The highest BCUT2D eigenvalue weighted by molar-refractivity contribution is 6.12. The standard InChI is InChI=1S/C61H41N3/c1-5-19-42(20-6-1)61(43-21-7-2-8-22-43)55-30-16-13-27-49(55)50-36-33-46(39-56(50)61)62(47-34-37-53-51-28-14-17-31-57(51)63(59(53)40-47)44-23-9-3-10-24-44)48-35-38-54-52-29-15-18-32-58(52)64(60(54)41-48)45-25-11-4-12-26-45/h1-41H. The first-order valence-corrected chi connectivity index (χ1v) is 22.1. The van der Waals surface area contributed by atoms with Crippen LogP contribution in [0.3, 0.4) is 0 Å². The number of fused-ring (bicyclic) bond motifs is 9. The van der Waals surface area contributed by atoms with Crippen LogP contribution in [0.4, 0.5) is 17.1 Å². The Balaban J connectivity index is 1.12. The number of nitrogens with zero attached hydrogens (tertiary/aromatic N) is 3. The van der Waals surface area contributed by atoms with Gasteiger partial charge in [-0.05, 0) is 106 Å². The Bertz CT molecular complexity index is 3520. The van der Waals surface area contributed by atoms with Crippen LogP contribution in [0.15, 0.2) is 249 Å². The quantitative estimate of drug-likeness (QED) is 0.156. The Morgan fingerprint density at radius 1 is 0.281 bits per heavy atom. The summed E-state index contributed by atoms with van der Waals surface area (Å²) in [7, 11) is 0. The van der Waals surface area contributed by atoms with Gasteiger partial charge in [-0.25, -0.2) is 0 Å². The molecule has 0 bridgehead atoms. The van der Waals surface area contributed by atoms with Gasteiger partial charge in [-0.2, -0.15) is 0 Å². The summed E-state index contributed by atoms with van der Waals surface area (Å²) < 4.78 is 4.83. The molecule has 0 radical (unpaired) electrons. The highest BCUT2D eigenvalue weighted by atomic mass is 15.1. The van der Waals surface area contributed by atoms with Gasteiger partial charge < -0.3 is 14.0 Å². The summed E-state index contributed by atoms with van der Waals surface area (Å²) in [6.07, 6.45) is 0. The molecule has 0 atom stereocenters. The molecule has 0 unspecified atom stereocenters. The lowest BCUT2D eigenvalue weighted by Gasteiger charge is -2.35. The first-order valence-electron chi connectivity index (χ1n) is 22.1. The van der Waals surface area contributed by atoms with Crippen molar-refractivity contribution in [1.29, 1.82) is 0 Å². The van der Waals surface area contributed by atoms with E-state index >= 15 is 0 Å². The molecule has 0 spiro atoms. The van der Waals surface area contributed by atoms with E-state index in [0.29, 0.717) is 0 Å². The van der Waals surface area contributed by atoms with Gasteiger partial charge in [0.25, 0.3) is 0 Å². The maximum Gasteiger partial charge on any atom is 0.0714 e. The van der Waals surface area contributed by atoms with Crippen LogP contribution in [-0.2, 0) is 5.41 Å². The molecule has 300 valence electrons. The van der Waals surface area contributed by atoms with E-state index in [0.717, 1.165) is 39.5 Å². The first kappa shape index (κ1) is 36.3. The molecule has 64 heavy (non-hydrogen) atoms. The summed E-state index contributed by atoms with van der Waals surface area (Å²) in [5, 5.41) is 4.91. The molecule has 2 aromatic heterocycles. The molecule has 2 heterocycles. The summed E-state index contributed by atoms with van der Waals surface area (Å²) in [5.74, 6) is 0. The minimum absolute atomic E-state index is 0.538. The van der Waals surface area contributed by atoms with E-state index in [1.165, 1.54) is 66.0 Å². The smallest absolute Gasteiger partial charge is 0.0714 e. The van der Waals surface area contributed by atoms with E-state index in [9.17, 15) is 0 Å². The Kier molecular flexibility index (Phi) is 8.13. The lowest BCUT2D eigenvalue weighted by atomic mass is 9.67. The minimum atomic E-state index is -0.538. The van der Waals surface area contributed by atoms with Crippen LogP contribution in [0.25, 0.3) is 66.1 Å². The van der Waals surface area contributed by atoms with E-state index in [-0.39, 0.29) is 0 Å². The monoisotopic (exact) mass is 815 g/mol. The summed E-state index contributed by atoms with van der Waals surface area (Å²) in [6, 6.07) is 91.4. The highest BCUT2D eigenvalue weighted by Crippen LogP contribution is 2.57. The molecule has 12 aromatic rings. The zero-order chi connectivity index (χ0) is 42.2. The van der Waals surface area contributed by atoms with Gasteiger partial charge in [-0.1, -0.05) is 176 Å². The SMILES string of the molecule is c1ccc(-n2c3ccccc3c3ccc(N(c4ccc5c(c4)C(c4ccccc4)(c4ccccc4)c4ccccc4-5)c4ccc5c6ccccc6n(-c6ccccc6)c5c4)cc32)cc1. The van der Waals surface area contributed by atoms with Crippen LogP contribution in [0.1, 0.15) is 22.3 Å². The largest absolute Gasteiger partial charge is 0.310 e. The van der Waals surface area contributed by atoms with Crippen molar-refractivity contribution in [2.75, 3.05) is 4.90 Å². The average molecular weight is 816 g/mol. The van der Waals surface area contributed by atoms with Gasteiger partial charge in [0.2, 0.25) is 0 Å². The topological polar surface area (TPSA) is 13.1 Å². The fraction of sp³-hybridized carbons (Fsp3) is 0.0164. The number of hydrogen-bond donors (Lipinski definition) is 0. The normalized spacial score (nSPS) is 12.8. The zero-order valence-electron chi connectivity index (χ0n) is 35.0. The van der Waals surface area contributed by atoms with Crippen molar-refractivity contribution in [3.05, 3.63) is 271 Å². The molecular weight excluding hydrogens is 775 g/mol. The molecular formula is C61H41N3. The summed E-state index contributed by atoms with van der Waals surface area (Å²) in [4.78, 5) is 2.48. The van der Waals surface area contributed by atoms with Gasteiger partial charge >= 0.3 is 0 Å². The van der Waals surface area contributed by atoms with Crippen LogP contribution in [0, 0.1) is 0 Å². The molecule has 0 fully saturated rings. The second kappa shape index (κ2) is 14.3. The molecule has 0 amide bonds. The third-order valence-corrected chi connectivity index (χ3v) is 13.6. The van der Waals surface area contributed by atoms with Gasteiger partial charge in [0.05, 0.1) is 27.5 Å². The fourth-order valence-corrected chi connectivity index (χ4v) is 10.9. The summed E-state index contributed by atoms with van der Waals surface area (Å²) >= 11 is 0. The second-order valence-electron chi connectivity index (χ2n) is 16.9. The van der Waals surface area contributed by atoms with E-state index in [4.69, 9.17) is 0 Å². The maximum absolute atomic E-state index is 2.48. The number of rotatable bonds is 7. The Labute approximate surface area is 372 Å². The van der Waals surface area contributed by atoms with Crippen molar-refractivity contribution < 1.29 is 0 Å². The average Bonchev–Trinajstić information content (AvgIpc) is 3.99. The van der Waals surface area contributed by atoms with Crippen molar-refractivity contribution in [2.45, 2.75) is 5.41 Å². The van der Waals surface area contributed by atoms with E-state index in [1.54, 1.807) is 0 Å². The van der Waals surface area contributed by atoms with E-state index in [2.05, 4.69) is 263 Å². The Hall–Kier alpha value is -8.40. The number of hydrogen-bond acceptors (Lipinski definition) is 1. The van der Waals surface area contributed by atoms with Crippen molar-refractivity contribution in [1.82, 2.24) is 9.13 Å². The van der Waals surface area contributed by atoms with Gasteiger partial charge in [0.1, 0.15) is 0 Å². The number of para-hydroxylation sites is 4. The Morgan fingerprint density at radius 3 is 1.20 bits per heavy atom. The zero-order valence-corrected chi connectivity index (χ0v) is 35.0. The number of benzene rings is 10. The molecule has 13 rings (SSSR count). The molecule has 3 nitrogen and oxygen atoms in total. The Morgan fingerprint density at radius 2 is 0.672 bits per heavy atom. The van der Waals surface area contributed by atoms with Gasteiger partial charge in [-0.15, -0.1) is 0 Å². The van der Waals surface area contributed by atoms with Crippen LogP contribution in [0.2, 0.25) is 0 Å². The molecule has 0 N–H and O–H groups in total. The van der Waals surface area contributed by atoms with Crippen LogP contribution in [0.5, 0.6) is 0 Å². The number of aromatic nitrogens is 2. The molecule has 0 saturated carbocycles. The third-order valence-electron chi connectivity index (χ3n) is 13.6. The van der Waals surface area contributed by atoms with Crippen LogP contribution >= 0.6 is 0 Å². The fourth-order valence-electron chi connectivity index (χ4n) is 10.9. The van der Waals surface area contributed by atoms with Gasteiger partial charge in [0.15, 0.2) is 0 Å². The molecule has 10 aromatic carbocycles. The molecule has 0 saturated heterocycles.